The summed E-state index contributed by atoms with van der Waals surface area (Å²) in [6.07, 6.45) is 2.53. The van der Waals surface area contributed by atoms with Gasteiger partial charge in [-0.25, -0.2) is 0 Å². The number of carbonyl (C=O) groups is 1. The van der Waals surface area contributed by atoms with E-state index in [-0.39, 0.29) is 23.7 Å². The number of Topliss-reactive ketones (excluding diaryl/α,β-unsaturated/α-hetero) is 1. The number of ketones is 1. The molecule has 0 radical (unpaired) electrons. The summed E-state index contributed by atoms with van der Waals surface area (Å²) in [6, 6.07) is 9.97. The molecule has 1 N–H and O–H groups in total. The van der Waals surface area contributed by atoms with Crippen molar-refractivity contribution in [1.82, 2.24) is 0 Å². The maximum atomic E-state index is 12.2. The summed E-state index contributed by atoms with van der Waals surface area (Å²) in [5.41, 5.74) is 1.12. The quantitative estimate of drug-likeness (QED) is 0.300. The van der Waals surface area contributed by atoms with Gasteiger partial charge in [0.2, 0.25) is 5.78 Å². The van der Waals surface area contributed by atoms with Crippen LogP contribution in [0.4, 0.5) is 0 Å². The molecule has 5 nitrogen and oxygen atoms in total. The maximum absolute atomic E-state index is 12.2. The van der Waals surface area contributed by atoms with Crippen molar-refractivity contribution in [2.24, 2.45) is 11.8 Å². The van der Waals surface area contributed by atoms with Crippen molar-refractivity contribution in [2.75, 3.05) is 13.2 Å². The first-order valence-corrected chi connectivity index (χ1v) is 11.5. The van der Waals surface area contributed by atoms with Crippen LogP contribution in [0.3, 0.4) is 0 Å². The standard InChI is InChI=1S/C26H38O5/c1-5-26(6-2)30-19-25(31-26)21(4)13-15-23(27)14-12-20(3)24(28)16-17-29-18-22-10-8-7-9-11-22/h7-11,20-21,24-25,28H,5-6,12,14,16-19H2,1-4H3/t20-,21-,24+,25-/m0/s1. The summed E-state index contributed by atoms with van der Waals surface area (Å²) in [4.78, 5) is 12.2. The Balaban J connectivity index is 1.65. The predicted molar refractivity (Wildman–Crippen MR) is 121 cm³/mol. The fourth-order valence-corrected chi connectivity index (χ4v) is 3.60. The van der Waals surface area contributed by atoms with Crippen molar-refractivity contribution in [3.63, 3.8) is 0 Å². The number of rotatable bonds is 12. The number of aliphatic hydroxyl groups is 1. The third-order valence-corrected chi connectivity index (χ3v) is 6.10. The number of hydrogen-bond acceptors (Lipinski definition) is 5. The van der Waals surface area contributed by atoms with Crippen LogP contribution in [0.2, 0.25) is 0 Å². The molecule has 1 aliphatic rings. The van der Waals surface area contributed by atoms with Gasteiger partial charge in [-0.2, -0.15) is 0 Å². The molecular weight excluding hydrogens is 392 g/mol. The molecule has 1 aromatic rings. The summed E-state index contributed by atoms with van der Waals surface area (Å²) < 4.78 is 17.5. The van der Waals surface area contributed by atoms with E-state index >= 15 is 0 Å². The Morgan fingerprint density at radius 1 is 1.23 bits per heavy atom. The molecule has 1 fully saturated rings. The Hall–Kier alpha value is -1.71. The van der Waals surface area contributed by atoms with Gasteiger partial charge >= 0.3 is 0 Å². The molecule has 1 aromatic carbocycles. The number of carbonyl (C=O) groups excluding carboxylic acids is 1. The van der Waals surface area contributed by atoms with E-state index in [1.807, 2.05) is 44.2 Å². The van der Waals surface area contributed by atoms with E-state index in [0.717, 1.165) is 18.4 Å². The highest BCUT2D eigenvalue weighted by molar-refractivity contribution is 5.95. The van der Waals surface area contributed by atoms with Gasteiger partial charge in [0.25, 0.3) is 0 Å². The lowest BCUT2D eigenvalue weighted by Gasteiger charge is -2.25. The molecule has 31 heavy (non-hydrogen) atoms. The molecular formula is C26H38O5. The van der Waals surface area contributed by atoms with Gasteiger partial charge in [0.05, 0.1) is 25.4 Å². The average molecular weight is 431 g/mol. The minimum Gasteiger partial charge on any atom is -0.393 e. The molecule has 0 aliphatic carbocycles. The van der Waals surface area contributed by atoms with Gasteiger partial charge in [-0.1, -0.05) is 57.0 Å². The number of benzene rings is 1. The molecule has 2 rings (SSSR count). The van der Waals surface area contributed by atoms with Crippen LogP contribution in [0, 0.1) is 23.7 Å². The van der Waals surface area contributed by atoms with Crippen molar-refractivity contribution >= 4 is 5.78 Å². The van der Waals surface area contributed by atoms with Crippen LogP contribution in [0.25, 0.3) is 0 Å². The molecule has 1 heterocycles. The normalized spacial score (nSPS) is 20.5. The molecule has 4 atom stereocenters. The highest BCUT2D eigenvalue weighted by Crippen LogP contribution is 2.32. The predicted octanol–water partition coefficient (Wildman–Crippen LogP) is 4.51. The monoisotopic (exact) mass is 430 g/mol. The van der Waals surface area contributed by atoms with Gasteiger partial charge in [-0.15, -0.1) is 0 Å². The minimum atomic E-state index is -0.499. The lowest BCUT2D eigenvalue weighted by Crippen LogP contribution is -2.30. The second kappa shape index (κ2) is 13.0. The molecule has 5 heteroatoms. The minimum absolute atomic E-state index is 0.0183. The van der Waals surface area contributed by atoms with Crippen LogP contribution in [-0.2, 0) is 25.6 Å². The summed E-state index contributed by atoms with van der Waals surface area (Å²) in [5.74, 6) is 5.15. The van der Waals surface area contributed by atoms with Crippen LogP contribution in [0.1, 0.15) is 65.4 Å². The largest absolute Gasteiger partial charge is 0.393 e. The zero-order valence-corrected chi connectivity index (χ0v) is 19.4. The van der Waals surface area contributed by atoms with Gasteiger partial charge < -0.3 is 19.3 Å². The van der Waals surface area contributed by atoms with E-state index in [2.05, 4.69) is 25.7 Å². The van der Waals surface area contributed by atoms with Crippen molar-refractivity contribution in [1.29, 1.82) is 0 Å². The zero-order chi connectivity index (χ0) is 22.7. The van der Waals surface area contributed by atoms with E-state index in [1.54, 1.807) is 0 Å². The Kier molecular flexibility index (Phi) is 10.7. The molecule has 1 saturated heterocycles. The Bertz CT molecular complexity index is 716. The molecule has 1 aliphatic heterocycles. The summed E-state index contributed by atoms with van der Waals surface area (Å²) in [6.45, 7) is 9.59. The topological polar surface area (TPSA) is 65.0 Å². The Labute approximate surface area is 187 Å². The van der Waals surface area contributed by atoms with Gasteiger partial charge in [0.15, 0.2) is 5.79 Å². The molecule has 0 unspecified atom stereocenters. The third-order valence-electron chi connectivity index (χ3n) is 6.10. The van der Waals surface area contributed by atoms with E-state index in [1.165, 1.54) is 0 Å². The zero-order valence-electron chi connectivity index (χ0n) is 19.4. The molecule has 172 valence electrons. The van der Waals surface area contributed by atoms with Crippen LogP contribution in [-0.4, -0.2) is 42.1 Å². The van der Waals surface area contributed by atoms with Crippen LogP contribution in [0.15, 0.2) is 30.3 Å². The molecule has 0 aromatic heterocycles. The highest BCUT2D eigenvalue weighted by Gasteiger charge is 2.40. The van der Waals surface area contributed by atoms with Crippen molar-refractivity contribution in [3.05, 3.63) is 35.9 Å². The highest BCUT2D eigenvalue weighted by atomic mass is 16.7. The average Bonchev–Trinajstić information content (AvgIpc) is 3.24. The number of ether oxygens (including phenoxy) is 3. The third kappa shape index (κ3) is 8.38. The first-order chi connectivity index (χ1) is 14.9. The smallest absolute Gasteiger partial charge is 0.205 e. The van der Waals surface area contributed by atoms with Gasteiger partial charge in [-0.05, 0) is 50.0 Å². The molecule has 0 amide bonds. The second-order valence-electron chi connectivity index (χ2n) is 8.48. The van der Waals surface area contributed by atoms with E-state index in [4.69, 9.17) is 14.2 Å². The lowest BCUT2D eigenvalue weighted by molar-refractivity contribution is -0.174. The summed E-state index contributed by atoms with van der Waals surface area (Å²) in [5, 5.41) is 10.3. The van der Waals surface area contributed by atoms with Crippen LogP contribution in [0.5, 0.6) is 0 Å². The summed E-state index contributed by atoms with van der Waals surface area (Å²) in [7, 11) is 0. The van der Waals surface area contributed by atoms with Crippen molar-refractivity contribution in [2.45, 2.75) is 84.4 Å². The fraction of sp³-hybridized carbons (Fsp3) is 0.654. The Morgan fingerprint density at radius 3 is 2.58 bits per heavy atom. The number of hydrogen-bond donors (Lipinski definition) is 1. The van der Waals surface area contributed by atoms with Crippen LogP contribution >= 0.6 is 0 Å². The first-order valence-electron chi connectivity index (χ1n) is 11.5. The van der Waals surface area contributed by atoms with E-state index < -0.39 is 11.9 Å². The number of aliphatic hydroxyl groups excluding tert-OH is 1. The SMILES string of the molecule is CCC1(CC)OC[C@@H]([C@@H](C)C#CC(=O)CC[C@H](C)[C@H](O)CCOCc2ccccc2)O1. The van der Waals surface area contributed by atoms with Crippen LogP contribution < -0.4 is 0 Å². The Morgan fingerprint density at radius 2 is 1.94 bits per heavy atom. The maximum Gasteiger partial charge on any atom is 0.205 e. The van der Waals surface area contributed by atoms with E-state index in [0.29, 0.717) is 39.1 Å². The summed E-state index contributed by atoms with van der Waals surface area (Å²) >= 11 is 0. The fourth-order valence-electron chi connectivity index (χ4n) is 3.60. The molecule has 0 bridgehead atoms. The van der Waals surface area contributed by atoms with Gasteiger partial charge in [0, 0.05) is 18.9 Å². The van der Waals surface area contributed by atoms with E-state index in [9.17, 15) is 9.90 Å². The lowest BCUT2D eigenvalue weighted by atomic mass is 9.95. The van der Waals surface area contributed by atoms with Crippen molar-refractivity contribution in [3.8, 4) is 11.8 Å². The van der Waals surface area contributed by atoms with Gasteiger partial charge in [0.1, 0.15) is 0 Å². The van der Waals surface area contributed by atoms with Crippen molar-refractivity contribution < 1.29 is 24.1 Å². The molecule has 0 saturated carbocycles. The van der Waals surface area contributed by atoms with Gasteiger partial charge in [-0.3, -0.25) is 4.79 Å². The second-order valence-corrected chi connectivity index (χ2v) is 8.48. The first kappa shape index (κ1) is 25.5. The molecule has 0 spiro atoms.